The van der Waals surface area contributed by atoms with Crippen molar-refractivity contribution in [2.24, 2.45) is 5.92 Å². The first-order chi connectivity index (χ1) is 7.31. The van der Waals surface area contributed by atoms with Crippen molar-refractivity contribution in [2.45, 2.75) is 18.6 Å². The highest BCUT2D eigenvalue weighted by Gasteiger charge is 2.31. The predicted octanol–water partition coefficient (Wildman–Crippen LogP) is -0.157. The second kappa shape index (κ2) is 5.18. The van der Waals surface area contributed by atoms with Crippen LogP contribution in [0.15, 0.2) is 0 Å². The van der Waals surface area contributed by atoms with Gasteiger partial charge >= 0.3 is 0 Å². The van der Waals surface area contributed by atoms with Gasteiger partial charge in [-0.3, -0.25) is 4.79 Å². The molecule has 2 N–H and O–H groups in total. The van der Waals surface area contributed by atoms with E-state index < -0.39 is 0 Å². The first-order valence-corrected chi connectivity index (χ1v) is 6.58. The summed E-state index contributed by atoms with van der Waals surface area (Å²) in [6.45, 7) is 1.66. The number of amides is 1. The van der Waals surface area contributed by atoms with Crippen LogP contribution in [0.4, 0.5) is 0 Å². The van der Waals surface area contributed by atoms with Gasteiger partial charge in [-0.2, -0.15) is 11.8 Å². The van der Waals surface area contributed by atoms with Crippen LogP contribution in [0.3, 0.4) is 0 Å². The Morgan fingerprint density at radius 2 is 2.40 bits per heavy atom. The molecule has 4 nitrogen and oxygen atoms in total. The third kappa shape index (κ3) is 2.65. The molecule has 0 spiro atoms. The average molecular weight is 230 g/mol. The van der Waals surface area contributed by atoms with Crippen molar-refractivity contribution in [2.75, 3.05) is 31.7 Å². The number of carbonyl (C=O) groups excluding carboxylic acids is 1. The number of carbonyl (C=O) groups is 1. The molecule has 15 heavy (non-hydrogen) atoms. The topological polar surface area (TPSA) is 50.4 Å². The fourth-order valence-electron chi connectivity index (χ4n) is 2.09. The number of ether oxygens (including phenoxy) is 1. The van der Waals surface area contributed by atoms with Crippen molar-refractivity contribution < 1.29 is 9.53 Å². The van der Waals surface area contributed by atoms with Gasteiger partial charge in [0.25, 0.3) is 0 Å². The van der Waals surface area contributed by atoms with Gasteiger partial charge < -0.3 is 15.4 Å². The highest BCUT2D eigenvalue weighted by Crippen LogP contribution is 2.23. The van der Waals surface area contributed by atoms with Gasteiger partial charge in [-0.25, -0.2) is 0 Å². The monoisotopic (exact) mass is 230 g/mol. The first-order valence-electron chi connectivity index (χ1n) is 5.43. The van der Waals surface area contributed by atoms with Crippen LogP contribution in [0.2, 0.25) is 0 Å². The molecule has 2 rings (SSSR count). The van der Waals surface area contributed by atoms with Crippen molar-refractivity contribution in [1.82, 2.24) is 10.6 Å². The second-order valence-electron chi connectivity index (χ2n) is 4.11. The minimum atomic E-state index is 0.128. The van der Waals surface area contributed by atoms with E-state index >= 15 is 0 Å². The number of methoxy groups -OCH3 is 1. The Labute approximate surface area is 94.5 Å². The standard InChI is InChI=1S/C10H18N2O2S/c1-14-9-5-11-4-8(9)12-10(13)7-2-3-15-6-7/h7-9,11H,2-6H2,1H3,(H,12,13)/t7?,8?,9-/m0/s1. The summed E-state index contributed by atoms with van der Waals surface area (Å²) in [4.78, 5) is 11.9. The largest absolute Gasteiger partial charge is 0.378 e. The SMILES string of the molecule is CO[C@H]1CNCC1NC(=O)C1CCSC1. The van der Waals surface area contributed by atoms with E-state index in [0.717, 1.165) is 31.0 Å². The number of hydrogen-bond acceptors (Lipinski definition) is 4. The fourth-order valence-corrected chi connectivity index (χ4v) is 3.31. The van der Waals surface area contributed by atoms with Gasteiger partial charge in [0.1, 0.15) is 0 Å². The molecule has 0 aromatic rings. The van der Waals surface area contributed by atoms with Crippen molar-refractivity contribution in [3.8, 4) is 0 Å². The molecule has 0 aliphatic carbocycles. The van der Waals surface area contributed by atoms with Crippen molar-refractivity contribution in [3.63, 3.8) is 0 Å². The lowest BCUT2D eigenvalue weighted by Gasteiger charge is -2.20. The van der Waals surface area contributed by atoms with Crippen LogP contribution in [0.1, 0.15) is 6.42 Å². The molecular weight excluding hydrogens is 212 g/mol. The summed E-state index contributed by atoms with van der Waals surface area (Å²) in [7, 11) is 1.70. The normalized spacial score (nSPS) is 35.7. The molecule has 2 heterocycles. The highest BCUT2D eigenvalue weighted by atomic mass is 32.2. The molecule has 2 aliphatic rings. The van der Waals surface area contributed by atoms with E-state index in [-0.39, 0.29) is 24.0 Å². The van der Waals surface area contributed by atoms with Gasteiger partial charge in [-0.1, -0.05) is 0 Å². The van der Waals surface area contributed by atoms with Crippen LogP contribution in [0.25, 0.3) is 0 Å². The fraction of sp³-hybridized carbons (Fsp3) is 0.900. The van der Waals surface area contributed by atoms with E-state index in [9.17, 15) is 4.79 Å². The summed E-state index contributed by atoms with van der Waals surface area (Å²) in [6.07, 6.45) is 1.15. The lowest BCUT2D eigenvalue weighted by Crippen LogP contribution is -2.46. The highest BCUT2D eigenvalue weighted by molar-refractivity contribution is 7.99. The van der Waals surface area contributed by atoms with E-state index in [1.54, 1.807) is 7.11 Å². The van der Waals surface area contributed by atoms with E-state index in [4.69, 9.17) is 4.74 Å². The number of hydrogen-bond donors (Lipinski definition) is 2. The van der Waals surface area contributed by atoms with E-state index in [1.807, 2.05) is 11.8 Å². The molecule has 2 fully saturated rings. The minimum absolute atomic E-state index is 0.128. The van der Waals surface area contributed by atoms with E-state index in [2.05, 4.69) is 10.6 Å². The summed E-state index contributed by atoms with van der Waals surface area (Å²) in [5.41, 5.74) is 0. The van der Waals surface area contributed by atoms with Crippen LogP contribution in [-0.2, 0) is 9.53 Å². The van der Waals surface area contributed by atoms with Crippen molar-refractivity contribution >= 4 is 17.7 Å². The molecule has 0 bridgehead atoms. The summed E-state index contributed by atoms with van der Waals surface area (Å²) in [5, 5.41) is 6.31. The number of thioether (sulfide) groups is 1. The smallest absolute Gasteiger partial charge is 0.224 e. The van der Waals surface area contributed by atoms with Gasteiger partial charge in [0.15, 0.2) is 0 Å². The summed E-state index contributed by atoms with van der Waals surface area (Å²) in [6, 6.07) is 0.146. The van der Waals surface area contributed by atoms with Gasteiger partial charge in [0, 0.05) is 31.9 Å². The third-order valence-electron chi connectivity index (χ3n) is 3.09. The summed E-state index contributed by atoms with van der Waals surface area (Å²) in [5.74, 6) is 2.52. The zero-order valence-corrected chi connectivity index (χ0v) is 9.81. The lowest BCUT2D eigenvalue weighted by atomic mass is 10.1. The molecule has 2 unspecified atom stereocenters. The Balaban J connectivity index is 1.82. The predicted molar refractivity (Wildman–Crippen MR) is 61.0 cm³/mol. The van der Waals surface area contributed by atoms with Gasteiger partial charge in [0.2, 0.25) is 5.91 Å². The number of rotatable bonds is 3. The van der Waals surface area contributed by atoms with Crippen molar-refractivity contribution in [3.05, 3.63) is 0 Å². The molecule has 0 aromatic carbocycles. The maximum atomic E-state index is 11.9. The molecule has 5 heteroatoms. The van der Waals surface area contributed by atoms with Gasteiger partial charge in [-0.15, -0.1) is 0 Å². The molecule has 0 aromatic heterocycles. The van der Waals surface area contributed by atoms with E-state index in [1.165, 1.54) is 0 Å². The van der Waals surface area contributed by atoms with Crippen molar-refractivity contribution in [1.29, 1.82) is 0 Å². The van der Waals surface area contributed by atoms with Crippen LogP contribution in [0.5, 0.6) is 0 Å². The van der Waals surface area contributed by atoms with Crippen LogP contribution in [-0.4, -0.2) is 49.8 Å². The molecule has 0 saturated carbocycles. The van der Waals surface area contributed by atoms with Crippen LogP contribution < -0.4 is 10.6 Å². The minimum Gasteiger partial charge on any atom is -0.378 e. The third-order valence-corrected chi connectivity index (χ3v) is 4.25. The van der Waals surface area contributed by atoms with E-state index in [0.29, 0.717) is 0 Å². The molecule has 2 saturated heterocycles. The Morgan fingerprint density at radius 3 is 3.07 bits per heavy atom. The Bertz CT molecular complexity index is 231. The molecule has 2 aliphatic heterocycles. The Morgan fingerprint density at radius 1 is 1.53 bits per heavy atom. The maximum Gasteiger partial charge on any atom is 0.224 e. The zero-order chi connectivity index (χ0) is 10.7. The average Bonchev–Trinajstić information content (AvgIpc) is 2.87. The maximum absolute atomic E-state index is 11.9. The second-order valence-corrected chi connectivity index (χ2v) is 5.26. The molecule has 0 radical (unpaired) electrons. The van der Waals surface area contributed by atoms with Gasteiger partial charge in [-0.05, 0) is 12.2 Å². The van der Waals surface area contributed by atoms with Crippen LogP contribution in [0, 0.1) is 5.92 Å². The summed E-state index contributed by atoms with van der Waals surface area (Å²) < 4.78 is 5.30. The zero-order valence-electron chi connectivity index (χ0n) is 8.99. The molecule has 3 atom stereocenters. The molecule has 86 valence electrons. The Kier molecular flexibility index (Phi) is 3.88. The first kappa shape index (κ1) is 11.2. The van der Waals surface area contributed by atoms with Crippen LogP contribution >= 0.6 is 11.8 Å². The quantitative estimate of drug-likeness (QED) is 0.707. The Hall–Kier alpha value is -0.260. The van der Waals surface area contributed by atoms with Gasteiger partial charge in [0.05, 0.1) is 12.1 Å². The molecule has 1 amide bonds. The molecular formula is C10H18N2O2S. The number of nitrogens with one attached hydrogen (secondary N) is 2. The lowest BCUT2D eigenvalue weighted by molar-refractivity contribution is -0.125. The summed E-state index contributed by atoms with van der Waals surface area (Å²) >= 11 is 1.87.